The zero-order valence-corrected chi connectivity index (χ0v) is 19.3. The second kappa shape index (κ2) is 9.35. The summed E-state index contributed by atoms with van der Waals surface area (Å²) < 4.78 is 11.4. The van der Waals surface area contributed by atoms with Crippen molar-refractivity contribution in [3.05, 3.63) is 70.4 Å². The van der Waals surface area contributed by atoms with E-state index in [1.807, 2.05) is 68.1 Å². The first-order valence-corrected chi connectivity index (χ1v) is 11.2. The number of benzene rings is 2. The van der Waals surface area contributed by atoms with Crippen molar-refractivity contribution in [3.8, 4) is 5.75 Å². The summed E-state index contributed by atoms with van der Waals surface area (Å²) in [7, 11) is 0. The zero-order chi connectivity index (χ0) is 22.8. The van der Waals surface area contributed by atoms with Gasteiger partial charge in [-0.2, -0.15) is 0 Å². The monoisotopic (exact) mass is 454 g/mol. The molecule has 2 aromatic carbocycles. The van der Waals surface area contributed by atoms with Crippen LogP contribution in [0.25, 0.3) is 5.57 Å². The number of imide groups is 1. The maximum atomic E-state index is 13.6. The molecule has 1 fully saturated rings. The Morgan fingerprint density at radius 3 is 2.28 bits per heavy atom. The van der Waals surface area contributed by atoms with E-state index in [1.54, 1.807) is 6.07 Å². The number of morpholine rings is 1. The minimum Gasteiger partial charge on any atom is -0.494 e. The topological polar surface area (TPSA) is 59.1 Å². The van der Waals surface area contributed by atoms with Gasteiger partial charge in [0.1, 0.15) is 11.4 Å². The van der Waals surface area contributed by atoms with Gasteiger partial charge in [0.2, 0.25) is 0 Å². The van der Waals surface area contributed by atoms with Crippen LogP contribution in [-0.2, 0) is 20.9 Å². The maximum Gasteiger partial charge on any atom is 0.278 e. The van der Waals surface area contributed by atoms with Crippen molar-refractivity contribution < 1.29 is 19.1 Å². The van der Waals surface area contributed by atoms with Crippen LogP contribution >= 0.6 is 11.6 Å². The first-order chi connectivity index (χ1) is 15.4. The minimum absolute atomic E-state index is 0.0478. The first-order valence-electron chi connectivity index (χ1n) is 10.9. The molecule has 2 heterocycles. The van der Waals surface area contributed by atoms with Crippen molar-refractivity contribution >= 4 is 29.0 Å². The molecule has 2 aromatic rings. The average Bonchev–Trinajstić information content (AvgIpc) is 3.00. The maximum absolute atomic E-state index is 13.6. The number of halogens is 1. The lowest BCUT2D eigenvalue weighted by Gasteiger charge is -2.37. The molecular formula is C25H27ClN2O4. The quantitative estimate of drug-likeness (QED) is 0.614. The van der Waals surface area contributed by atoms with Crippen LogP contribution in [0.4, 0.5) is 0 Å². The lowest BCUT2D eigenvalue weighted by atomic mass is 10.0. The Labute approximate surface area is 193 Å². The summed E-state index contributed by atoms with van der Waals surface area (Å²) in [6, 6.07) is 14.6. The van der Waals surface area contributed by atoms with E-state index in [0.29, 0.717) is 41.6 Å². The smallest absolute Gasteiger partial charge is 0.278 e. The Hall–Kier alpha value is -2.83. The molecule has 32 heavy (non-hydrogen) atoms. The van der Waals surface area contributed by atoms with Crippen molar-refractivity contribution in [2.75, 3.05) is 19.7 Å². The van der Waals surface area contributed by atoms with E-state index < -0.39 is 0 Å². The lowest BCUT2D eigenvalue weighted by molar-refractivity contribution is -0.139. The predicted molar refractivity (Wildman–Crippen MR) is 123 cm³/mol. The molecule has 7 heteroatoms. The molecule has 6 nitrogen and oxygen atoms in total. The standard InChI is InChI=1S/C25H27ClN2O4/c1-4-31-20-11-9-18(10-12-20)22-23(27-13-16(2)32-17(3)14-27)25(30)28(24(22)29)15-19-7-5-6-8-21(19)26/h5-12,16-17H,4,13-15H2,1-3H3. The lowest BCUT2D eigenvalue weighted by Crippen LogP contribution is -2.46. The third-order valence-electron chi connectivity index (χ3n) is 5.62. The summed E-state index contributed by atoms with van der Waals surface area (Å²) in [6.07, 6.45) is -0.0956. The highest BCUT2D eigenvalue weighted by atomic mass is 35.5. The largest absolute Gasteiger partial charge is 0.494 e. The van der Waals surface area contributed by atoms with E-state index in [0.717, 1.165) is 11.3 Å². The molecule has 0 radical (unpaired) electrons. The molecule has 2 aliphatic heterocycles. The normalized spacial score (nSPS) is 21.5. The van der Waals surface area contributed by atoms with Crippen LogP contribution in [0.2, 0.25) is 5.02 Å². The van der Waals surface area contributed by atoms with Gasteiger partial charge in [-0.1, -0.05) is 41.9 Å². The van der Waals surface area contributed by atoms with Crippen LogP contribution in [0.1, 0.15) is 31.9 Å². The fourth-order valence-electron chi connectivity index (χ4n) is 4.30. The summed E-state index contributed by atoms with van der Waals surface area (Å²) in [5.74, 6) is 0.0951. The predicted octanol–water partition coefficient (Wildman–Crippen LogP) is 4.13. The van der Waals surface area contributed by atoms with E-state index >= 15 is 0 Å². The van der Waals surface area contributed by atoms with Gasteiger partial charge >= 0.3 is 0 Å². The van der Waals surface area contributed by atoms with Gasteiger partial charge in [0.25, 0.3) is 11.8 Å². The summed E-state index contributed by atoms with van der Waals surface area (Å²) >= 11 is 6.32. The number of hydrogen-bond acceptors (Lipinski definition) is 5. The molecule has 2 atom stereocenters. The third-order valence-corrected chi connectivity index (χ3v) is 5.99. The number of nitrogens with zero attached hydrogens (tertiary/aromatic N) is 2. The Bertz CT molecular complexity index is 1040. The van der Waals surface area contributed by atoms with E-state index in [4.69, 9.17) is 21.1 Å². The van der Waals surface area contributed by atoms with Gasteiger partial charge < -0.3 is 14.4 Å². The minimum atomic E-state index is -0.319. The number of carbonyl (C=O) groups is 2. The second-order valence-electron chi connectivity index (χ2n) is 8.13. The molecular weight excluding hydrogens is 428 g/mol. The third kappa shape index (κ3) is 4.38. The zero-order valence-electron chi connectivity index (χ0n) is 18.5. The molecule has 0 bridgehead atoms. The fraction of sp³-hybridized carbons (Fsp3) is 0.360. The van der Waals surface area contributed by atoms with Crippen molar-refractivity contribution in [1.29, 1.82) is 0 Å². The van der Waals surface area contributed by atoms with Crippen molar-refractivity contribution in [2.24, 2.45) is 0 Å². The van der Waals surface area contributed by atoms with E-state index in [9.17, 15) is 9.59 Å². The Morgan fingerprint density at radius 2 is 1.66 bits per heavy atom. The molecule has 168 valence electrons. The van der Waals surface area contributed by atoms with Gasteiger partial charge in [0.05, 0.1) is 30.9 Å². The SMILES string of the molecule is CCOc1ccc(C2=C(N3CC(C)OC(C)C3)C(=O)N(Cc3ccccc3Cl)C2=O)cc1. The van der Waals surface area contributed by atoms with Crippen LogP contribution in [-0.4, -0.2) is 53.5 Å². The van der Waals surface area contributed by atoms with Crippen LogP contribution in [0.15, 0.2) is 54.2 Å². The van der Waals surface area contributed by atoms with Gasteiger partial charge in [-0.25, -0.2) is 0 Å². The van der Waals surface area contributed by atoms with E-state index in [2.05, 4.69) is 0 Å². The number of ether oxygens (including phenoxy) is 2. The summed E-state index contributed by atoms with van der Waals surface area (Å²) in [4.78, 5) is 30.4. The Morgan fingerprint density at radius 1 is 1.00 bits per heavy atom. The highest BCUT2D eigenvalue weighted by Crippen LogP contribution is 2.35. The number of amides is 2. The fourth-order valence-corrected chi connectivity index (χ4v) is 4.50. The molecule has 2 unspecified atom stereocenters. The van der Waals surface area contributed by atoms with Crippen molar-refractivity contribution in [2.45, 2.75) is 39.5 Å². The molecule has 2 aliphatic rings. The van der Waals surface area contributed by atoms with E-state index in [1.165, 1.54) is 4.90 Å². The highest BCUT2D eigenvalue weighted by Gasteiger charge is 2.43. The molecule has 0 spiro atoms. The summed E-state index contributed by atoms with van der Waals surface area (Å²) in [6.45, 7) is 7.63. The van der Waals surface area contributed by atoms with Crippen LogP contribution in [0, 0.1) is 0 Å². The second-order valence-corrected chi connectivity index (χ2v) is 8.54. The number of rotatable bonds is 6. The molecule has 0 aliphatic carbocycles. The van der Waals surface area contributed by atoms with Crippen molar-refractivity contribution in [3.63, 3.8) is 0 Å². The van der Waals surface area contributed by atoms with Crippen LogP contribution in [0.3, 0.4) is 0 Å². The molecule has 0 N–H and O–H groups in total. The Balaban J connectivity index is 1.74. The van der Waals surface area contributed by atoms with Gasteiger partial charge in [-0.05, 0) is 50.1 Å². The van der Waals surface area contributed by atoms with Gasteiger partial charge in [0.15, 0.2) is 0 Å². The van der Waals surface area contributed by atoms with Gasteiger partial charge in [0, 0.05) is 18.1 Å². The molecule has 0 saturated carbocycles. The van der Waals surface area contributed by atoms with Gasteiger partial charge in [-0.15, -0.1) is 0 Å². The molecule has 2 amide bonds. The van der Waals surface area contributed by atoms with Crippen LogP contribution < -0.4 is 4.74 Å². The van der Waals surface area contributed by atoms with Crippen molar-refractivity contribution in [1.82, 2.24) is 9.80 Å². The summed E-state index contributed by atoms with van der Waals surface area (Å²) in [5.41, 5.74) is 2.25. The van der Waals surface area contributed by atoms with Crippen LogP contribution in [0.5, 0.6) is 5.75 Å². The molecule has 4 rings (SSSR count). The van der Waals surface area contributed by atoms with E-state index in [-0.39, 0.29) is 30.6 Å². The summed E-state index contributed by atoms with van der Waals surface area (Å²) in [5, 5.41) is 0.526. The number of hydrogen-bond donors (Lipinski definition) is 0. The molecule has 0 aromatic heterocycles. The molecule has 1 saturated heterocycles. The highest BCUT2D eigenvalue weighted by molar-refractivity contribution is 6.35. The average molecular weight is 455 g/mol. The van der Waals surface area contributed by atoms with Gasteiger partial charge in [-0.3, -0.25) is 14.5 Å². The number of carbonyl (C=O) groups excluding carboxylic acids is 2. The Kier molecular flexibility index (Phi) is 6.53. The first kappa shape index (κ1) is 22.4.